The summed E-state index contributed by atoms with van der Waals surface area (Å²) >= 11 is 0. The smallest absolute Gasteiger partial charge is 0.307 e. The quantitative estimate of drug-likeness (QED) is 0.678. The minimum absolute atomic E-state index is 0.132. The number of para-hydroxylation sites is 2. The van der Waals surface area contributed by atoms with E-state index in [9.17, 15) is 9.59 Å². The summed E-state index contributed by atoms with van der Waals surface area (Å²) in [6, 6.07) is 18.6. The second kappa shape index (κ2) is 7.86. The zero-order chi connectivity index (χ0) is 22.2. The molecule has 2 saturated heterocycles. The van der Waals surface area contributed by atoms with Gasteiger partial charge in [-0.15, -0.1) is 0 Å². The highest BCUT2D eigenvalue weighted by atomic mass is 16.2. The lowest BCUT2D eigenvalue weighted by atomic mass is 10.3. The normalized spacial score (nSPS) is 22.6. The molecule has 0 aliphatic carbocycles. The zero-order valence-corrected chi connectivity index (χ0v) is 18.5. The van der Waals surface area contributed by atoms with Gasteiger partial charge in [0.05, 0.1) is 0 Å². The van der Waals surface area contributed by atoms with Crippen LogP contribution in [-0.4, -0.2) is 56.5 Å². The molecular formula is C23H30N6O2. The number of amides is 4. The number of carbonyl (C=O) groups is 2. The van der Waals surface area contributed by atoms with Crippen molar-refractivity contribution in [2.75, 3.05) is 23.7 Å². The second-order valence-corrected chi connectivity index (χ2v) is 8.80. The van der Waals surface area contributed by atoms with Crippen LogP contribution in [0, 0.1) is 0 Å². The Bertz CT molecular complexity index is 870. The van der Waals surface area contributed by atoms with Gasteiger partial charge in [0.2, 0.25) is 0 Å². The van der Waals surface area contributed by atoms with E-state index in [0.29, 0.717) is 0 Å². The van der Waals surface area contributed by atoms with E-state index >= 15 is 0 Å². The molecule has 8 nitrogen and oxygen atoms in total. The van der Waals surface area contributed by atoms with Crippen molar-refractivity contribution in [3.63, 3.8) is 0 Å². The second-order valence-electron chi connectivity index (χ2n) is 8.80. The lowest BCUT2D eigenvalue weighted by Gasteiger charge is -2.09. The van der Waals surface area contributed by atoms with E-state index in [-0.39, 0.29) is 23.4 Å². The fourth-order valence-corrected chi connectivity index (χ4v) is 4.09. The molecule has 0 saturated carbocycles. The van der Waals surface area contributed by atoms with E-state index in [4.69, 9.17) is 0 Å². The topological polar surface area (TPSA) is 70.2 Å². The Morgan fingerprint density at radius 3 is 1.39 bits per heavy atom. The molecule has 2 N–H and O–H groups in total. The molecule has 0 bridgehead atoms. The summed E-state index contributed by atoms with van der Waals surface area (Å²) in [6.07, 6.45) is 0.830. The molecule has 2 atom stereocenters. The maximum atomic E-state index is 12.6. The van der Waals surface area contributed by atoms with Crippen LogP contribution in [0.4, 0.5) is 21.0 Å². The van der Waals surface area contributed by atoms with Crippen LogP contribution >= 0.6 is 0 Å². The molecule has 8 heteroatoms. The van der Waals surface area contributed by atoms with Crippen LogP contribution in [0.2, 0.25) is 0 Å². The Kier molecular flexibility index (Phi) is 5.36. The molecule has 4 rings (SSSR count). The van der Waals surface area contributed by atoms with E-state index in [1.807, 2.05) is 88.4 Å². The molecule has 31 heavy (non-hydrogen) atoms. The van der Waals surface area contributed by atoms with E-state index in [0.717, 1.165) is 30.9 Å². The number of rotatable bonds is 6. The molecule has 2 fully saturated rings. The third kappa shape index (κ3) is 4.22. The zero-order valence-electron chi connectivity index (χ0n) is 18.5. The predicted molar refractivity (Wildman–Crippen MR) is 121 cm³/mol. The van der Waals surface area contributed by atoms with Gasteiger partial charge in [-0.2, -0.15) is 10.0 Å². The Morgan fingerprint density at radius 2 is 1.03 bits per heavy atom. The first kappa shape index (κ1) is 21.1. The standard InChI is InChI=1S/C23H30N6O2/c1-22(2)26(28(22)20(30)24-18-12-7-5-8-13-18)16-11-17-27-23(3,4)29(27)21(31)25-19-14-9-6-10-15-19/h5-10,12-15H,11,16-17H2,1-4H3,(H,24,30)(H,25,31). The number of hydrogen-bond acceptors (Lipinski definition) is 4. The van der Waals surface area contributed by atoms with Gasteiger partial charge in [-0.1, -0.05) is 36.4 Å². The van der Waals surface area contributed by atoms with Crippen LogP contribution in [0.15, 0.2) is 60.7 Å². The first-order valence-corrected chi connectivity index (χ1v) is 10.6. The summed E-state index contributed by atoms with van der Waals surface area (Å²) in [4.78, 5) is 25.3. The summed E-state index contributed by atoms with van der Waals surface area (Å²) in [6.45, 7) is 9.57. The Balaban J connectivity index is 1.26. The molecule has 0 radical (unpaired) electrons. The predicted octanol–water partition coefficient (Wildman–Crippen LogP) is 4.38. The monoisotopic (exact) mass is 422 g/mol. The summed E-state index contributed by atoms with van der Waals surface area (Å²) in [5.74, 6) is 0. The maximum Gasteiger partial charge on any atom is 0.338 e. The van der Waals surface area contributed by atoms with Crippen molar-refractivity contribution in [3.8, 4) is 0 Å². The fourth-order valence-electron chi connectivity index (χ4n) is 4.09. The summed E-state index contributed by atoms with van der Waals surface area (Å²) in [7, 11) is 0. The Morgan fingerprint density at radius 1 is 0.677 bits per heavy atom. The number of hydrogen-bond donors (Lipinski definition) is 2. The number of hydrazine groups is 2. The first-order chi connectivity index (χ1) is 14.7. The molecule has 2 aliphatic heterocycles. The highest BCUT2D eigenvalue weighted by Gasteiger charge is 2.58. The average Bonchev–Trinajstić information content (AvgIpc) is 3.50. The van der Waals surface area contributed by atoms with Gasteiger partial charge in [0.15, 0.2) is 0 Å². The first-order valence-electron chi connectivity index (χ1n) is 10.6. The highest BCUT2D eigenvalue weighted by Crippen LogP contribution is 2.41. The van der Waals surface area contributed by atoms with Crippen molar-refractivity contribution in [3.05, 3.63) is 60.7 Å². The Labute approximate surface area is 183 Å². The van der Waals surface area contributed by atoms with E-state index in [1.165, 1.54) is 0 Å². The van der Waals surface area contributed by atoms with Gasteiger partial charge in [0.1, 0.15) is 11.3 Å². The summed E-state index contributed by atoms with van der Waals surface area (Å²) < 4.78 is 0. The number of nitrogens with one attached hydrogen (secondary N) is 2. The van der Waals surface area contributed by atoms with Gasteiger partial charge >= 0.3 is 12.1 Å². The van der Waals surface area contributed by atoms with Gasteiger partial charge < -0.3 is 10.6 Å². The SMILES string of the molecule is CC1(C)N(CCCN2N(C(=O)Nc3ccccc3)C2(C)C)N1C(=O)Nc1ccccc1. The summed E-state index contributed by atoms with van der Waals surface area (Å²) in [5.41, 5.74) is 0.914. The molecule has 0 aromatic heterocycles. The van der Waals surface area contributed by atoms with Crippen molar-refractivity contribution >= 4 is 23.4 Å². The van der Waals surface area contributed by atoms with E-state index in [1.54, 1.807) is 10.0 Å². The van der Waals surface area contributed by atoms with Crippen LogP contribution in [-0.2, 0) is 0 Å². The number of nitrogens with zero attached hydrogens (tertiary/aromatic N) is 4. The van der Waals surface area contributed by atoms with Gasteiger partial charge in [-0.05, 0) is 58.4 Å². The van der Waals surface area contributed by atoms with Gasteiger partial charge in [-0.25, -0.2) is 19.6 Å². The van der Waals surface area contributed by atoms with E-state index in [2.05, 4.69) is 20.7 Å². The molecule has 2 aliphatic rings. The Hall–Kier alpha value is -3.10. The van der Waals surface area contributed by atoms with Crippen molar-refractivity contribution in [1.29, 1.82) is 0 Å². The minimum atomic E-state index is -0.322. The van der Waals surface area contributed by atoms with Crippen LogP contribution in [0.1, 0.15) is 34.1 Å². The fraction of sp³-hybridized carbons (Fsp3) is 0.391. The third-order valence-electron chi connectivity index (χ3n) is 5.88. The maximum absolute atomic E-state index is 12.6. The van der Waals surface area contributed by atoms with Crippen molar-refractivity contribution in [1.82, 2.24) is 20.0 Å². The molecule has 2 aromatic carbocycles. The van der Waals surface area contributed by atoms with Gasteiger partial charge in [0.25, 0.3) is 0 Å². The molecule has 4 amide bonds. The number of anilines is 2. The van der Waals surface area contributed by atoms with Crippen molar-refractivity contribution < 1.29 is 9.59 Å². The molecule has 2 heterocycles. The molecular weight excluding hydrogens is 392 g/mol. The van der Waals surface area contributed by atoms with Crippen LogP contribution in [0.5, 0.6) is 0 Å². The number of carbonyl (C=O) groups excluding carboxylic acids is 2. The molecule has 0 spiro atoms. The molecule has 2 unspecified atom stereocenters. The van der Waals surface area contributed by atoms with Crippen molar-refractivity contribution in [2.24, 2.45) is 0 Å². The highest BCUT2D eigenvalue weighted by molar-refractivity contribution is 5.91. The van der Waals surface area contributed by atoms with E-state index < -0.39 is 0 Å². The number of urea groups is 2. The summed E-state index contributed by atoms with van der Waals surface area (Å²) in [5, 5.41) is 13.5. The van der Waals surface area contributed by atoms with Crippen LogP contribution in [0.25, 0.3) is 0 Å². The lowest BCUT2D eigenvalue weighted by molar-refractivity contribution is 0.215. The van der Waals surface area contributed by atoms with Crippen molar-refractivity contribution in [2.45, 2.75) is 45.4 Å². The van der Waals surface area contributed by atoms with Gasteiger partial charge in [-0.3, -0.25) is 0 Å². The third-order valence-corrected chi connectivity index (χ3v) is 5.88. The lowest BCUT2D eigenvalue weighted by Crippen LogP contribution is -2.25. The number of benzene rings is 2. The van der Waals surface area contributed by atoms with Crippen LogP contribution < -0.4 is 10.6 Å². The largest absolute Gasteiger partial charge is 0.338 e. The minimum Gasteiger partial charge on any atom is -0.307 e. The van der Waals surface area contributed by atoms with Crippen LogP contribution in [0.3, 0.4) is 0 Å². The molecule has 2 aromatic rings. The molecule has 164 valence electrons. The average molecular weight is 423 g/mol. The van der Waals surface area contributed by atoms with Gasteiger partial charge in [0, 0.05) is 24.5 Å².